The van der Waals surface area contributed by atoms with E-state index in [2.05, 4.69) is 0 Å². The van der Waals surface area contributed by atoms with Crippen molar-refractivity contribution in [2.24, 2.45) is 0 Å². The summed E-state index contributed by atoms with van der Waals surface area (Å²) < 4.78 is 13.0. The van der Waals surface area contributed by atoms with E-state index in [4.69, 9.17) is 5.11 Å². The molecule has 1 rings (SSSR count). The predicted octanol–water partition coefficient (Wildman–Crippen LogP) is 2.79. The molecule has 0 aliphatic rings. The maximum Gasteiger partial charge on any atom is 0.408 e. The third-order valence-corrected chi connectivity index (χ3v) is 2.49. The Balaban J connectivity index is 2.89. The zero-order valence-electron chi connectivity index (χ0n) is 10.6. The average Bonchev–Trinajstić information content (AvgIpc) is 2.23. The third-order valence-electron chi connectivity index (χ3n) is 2.49. The minimum atomic E-state index is -1.17. The molecule has 0 aromatic heterocycles. The van der Waals surface area contributed by atoms with E-state index in [9.17, 15) is 14.0 Å². The third kappa shape index (κ3) is 3.55. The van der Waals surface area contributed by atoms with Crippen molar-refractivity contribution in [3.63, 3.8) is 0 Å². The highest BCUT2D eigenvalue weighted by Gasteiger charge is 2.28. The fourth-order valence-electron chi connectivity index (χ4n) is 1.49. The first-order valence-electron chi connectivity index (χ1n) is 5.51. The summed E-state index contributed by atoms with van der Waals surface area (Å²) >= 11 is 0. The SMILES string of the molecule is CC(C)(C)N(CC(=O)c1cccc(F)c1)C(=O)O. The Kier molecular flexibility index (Phi) is 4.06. The molecule has 0 saturated heterocycles. The summed E-state index contributed by atoms with van der Waals surface area (Å²) in [5, 5.41) is 9.06. The lowest BCUT2D eigenvalue weighted by Crippen LogP contribution is -2.47. The van der Waals surface area contributed by atoms with Crippen LogP contribution in [-0.2, 0) is 0 Å². The first-order chi connectivity index (χ1) is 8.21. The fraction of sp³-hybridized carbons (Fsp3) is 0.385. The maximum absolute atomic E-state index is 13.0. The Morgan fingerprint density at radius 1 is 1.33 bits per heavy atom. The minimum absolute atomic E-state index is 0.172. The quantitative estimate of drug-likeness (QED) is 0.843. The van der Waals surface area contributed by atoms with Gasteiger partial charge in [0, 0.05) is 11.1 Å². The predicted molar refractivity (Wildman–Crippen MR) is 65.2 cm³/mol. The Labute approximate surface area is 105 Å². The molecule has 98 valence electrons. The molecule has 1 amide bonds. The van der Waals surface area contributed by atoms with E-state index in [0.29, 0.717) is 0 Å². The molecule has 1 aromatic rings. The highest BCUT2D eigenvalue weighted by Crippen LogP contribution is 2.15. The monoisotopic (exact) mass is 253 g/mol. The van der Waals surface area contributed by atoms with Crippen LogP contribution >= 0.6 is 0 Å². The highest BCUT2D eigenvalue weighted by atomic mass is 19.1. The first-order valence-corrected chi connectivity index (χ1v) is 5.51. The van der Waals surface area contributed by atoms with Crippen LogP contribution < -0.4 is 0 Å². The highest BCUT2D eigenvalue weighted by molar-refractivity contribution is 5.98. The van der Waals surface area contributed by atoms with Crippen molar-refractivity contribution in [1.29, 1.82) is 0 Å². The molecule has 0 aliphatic heterocycles. The van der Waals surface area contributed by atoms with Crippen LogP contribution in [0.3, 0.4) is 0 Å². The van der Waals surface area contributed by atoms with Gasteiger partial charge in [0.15, 0.2) is 5.78 Å². The van der Waals surface area contributed by atoms with E-state index in [1.54, 1.807) is 20.8 Å². The van der Waals surface area contributed by atoms with Crippen molar-refractivity contribution < 1.29 is 19.1 Å². The number of halogens is 1. The number of carbonyl (C=O) groups excluding carboxylic acids is 1. The smallest absolute Gasteiger partial charge is 0.408 e. The Morgan fingerprint density at radius 3 is 2.39 bits per heavy atom. The molecule has 18 heavy (non-hydrogen) atoms. The van der Waals surface area contributed by atoms with E-state index in [-0.39, 0.29) is 12.1 Å². The van der Waals surface area contributed by atoms with Crippen molar-refractivity contribution >= 4 is 11.9 Å². The van der Waals surface area contributed by atoms with Gasteiger partial charge in [0.1, 0.15) is 5.82 Å². The van der Waals surface area contributed by atoms with Crippen LogP contribution in [-0.4, -0.2) is 34.0 Å². The van der Waals surface area contributed by atoms with Crippen LogP contribution in [0.15, 0.2) is 24.3 Å². The minimum Gasteiger partial charge on any atom is -0.465 e. The van der Waals surface area contributed by atoms with Gasteiger partial charge in [-0.25, -0.2) is 9.18 Å². The van der Waals surface area contributed by atoms with Crippen molar-refractivity contribution in [2.75, 3.05) is 6.54 Å². The zero-order chi connectivity index (χ0) is 13.9. The van der Waals surface area contributed by atoms with Crippen LogP contribution in [0.4, 0.5) is 9.18 Å². The van der Waals surface area contributed by atoms with Gasteiger partial charge in [-0.1, -0.05) is 12.1 Å². The van der Waals surface area contributed by atoms with Crippen molar-refractivity contribution in [1.82, 2.24) is 4.90 Å². The van der Waals surface area contributed by atoms with Gasteiger partial charge in [-0.3, -0.25) is 9.69 Å². The molecular weight excluding hydrogens is 237 g/mol. The largest absolute Gasteiger partial charge is 0.465 e. The Bertz CT molecular complexity index is 466. The summed E-state index contributed by atoms with van der Waals surface area (Å²) in [6.07, 6.45) is -1.17. The van der Waals surface area contributed by atoms with Gasteiger partial charge in [0.05, 0.1) is 6.54 Å². The molecule has 1 N–H and O–H groups in total. The molecular formula is C13H16FNO3. The number of benzene rings is 1. The van der Waals surface area contributed by atoms with Crippen LogP contribution in [0.2, 0.25) is 0 Å². The van der Waals surface area contributed by atoms with Crippen LogP contribution in [0.25, 0.3) is 0 Å². The van der Waals surface area contributed by atoms with Gasteiger partial charge < -0.3 is 5.11 Å². The summed E-state index contributed by atoms with van der Waals surface area (Å²) in [6, 6.07) is 5.22. The topological polar surface area (TPSA) is 57.6 Å². The van der Waals surface area contributed by atoms with E-state index >= 15 is 0 Å². The lowest BCUT2D eigenvalue weighted by molar-refractivity contribution is 0.0766. The molecule has 0 spiro atoms. The summed E-state index contributed by atoms with van der Waals surface area (Å²) in [4.78, 5) is 24.0. The molecule has 0 unspecified atom stereocenters. The Hall–Kier alpha value is -1.91. The lowest BCUT2D eigenvalue weighted by atomic mass is 10.0. The van der Waals surface area contributed by atoms with Crippen LogP contribution in [0, 0.1) is 5.82 Å². The standard InChI is InChI=1S/C13H16FNO3/c1-13(2,3)15(12(17)18)8-11(16)9-5-4-6-10(14)7-9/h4-7H,8H2,1-3H3,(H,17,18). The summed E-state index contributed by atoms with van der Waals surface area (Å²) in [5.41, 5.74) is -0.514. The first kappa shape index (κ1) is 14.2. The number of ketones is 1. The normalized spacial score (nSPS) is 11.1. The molecule has 5 heteroatoms. The number of rotatable bonds is 3. The van der Waals surface area contributed by atoms with E-state index < -0.39 is 23.2 Å². The Morgan fingerprint density at radius 2 is 1.94 bits per heavy atom. The number of hydrogen-bond acceptors (Lipinski definition) is 2. The molecule has 0 heterocycles. The van der Waals surface area contributed by atoms with Crippen molar-refractivity contribution in [2.45, 2.75) is 26.3 Å². The molecule has 4 nitrogen and oxygen atoms in total. The second-order valence-corrected chi connectivity index (χ2v) is 4.97. The van der Waals surface area contributed by atoms with Crippen LogP contribution in [0.5, 0.6) is 0 Å². The van der Waals surface area contributed by atoms with Crippen LogP contribution in [0.1, 0.15) is 31.1 Å². The second kappa shape index (κ2) is 5.16. The maximum atomic E-state index is 13.0. The summed E-state index contributed by atoms with van der Waals surface area (Å²) in [6.45, 7) is 4.79. The van der Waals surface area contributed by atoms with Gasteiger partial charge in [-0.2, -0.15) is 0 Å². The number of carbonyl (C=O) groups is 2. The molecule has 1 aromatic carbocycles. The number of hydrogen-bond donors (Lipinski definition) is 1. The number of nitrogens with zero attached hydrogens (tertiary/aromatic N) is 1. The van der Waals surface area contributed by atoms with E-state index in [1.807, 2.05) is 0 Å². The van der Waals surface area contributed by atoms with E-state index in [1.165, 1.54) is 18.2 Å². The molecule has 0 fully saturated rings. The van der Waals surface area contributed by atoms with Crippen molar-refractivity contribution in [3.8, 4) is 0 Å². The zero-order valence-corrected chi connectivity index (χ0v) is 10.6. The van der Waals surface area contributed by atoms with Gasteiger partial charge in [0.2, 0.25) is 0 Å². The van der Waals surface area contributed by atoms with Gasteiger partial charge >= 0.3 is 6.09 Å². The molecule has 0 aliphatic carbocycles. The molecule has 0 radical (unpaired) electrons. The fourth-order valence-corrected chi connectivity index (χ4v) is 1.49. The van der Waals surface area contributed by atoms with Crippen molar-refractivity contribution in [3.05, 3.63) is 35.6 Å². The number of carboxylic acid groups (broad SMARTS) is 1. The second-order valence-electron chi connectivity index (χ2n) is 4.97. The number of amides is 1. The molecule has 0 saturated carbocycles. The average molecular weight is 253 g/mol. The van der Waals surface area contributed by atoms with E-state index in [0.717, 1.165) is 11.0 Å². The molecule has 0 bridgehead atoms. The summed E-state index contributed by atoms with van der Waals surface area (Å²) in [5.74, 6) is -0.940. The number of Topliss-reactive ketones (excluding diaryl/α,β-unsaturated/α-hetero) is 1. The van der Waals surface area contributed by atoms with Gasteiger partial charge in [0.25, 0.3) is 0 Å². The van der Waals surface area contributed by atoms with Gasteiger partial charge in [-0.15, -0.1) is 0 Å². The summed E-state index contributed by atoms with van der Waals surface area (Å²) in [7, 11) is 0. The van der Waals surface area contributed by atoms with Gasteiger partial charge in [-0.05, 0) is 32.9 Å². The molecule has 0 atom stereocenters. The lowest BCUT2D eigenvalue weighted by Gasteiger charge is -2.32.